The van der Waals surface area contributed by atoms with Crippen LogP contribution in [0.2, 0.25) is 0 Å². The first-order valence-corrected chi connectivity index (χ1v) is 5.76. The lowest BCUT2D eigenvalue weighted by atomic mass is 10.1. The monoisotopic (exact) mass is 250 g/mol. The molecule has 3 rings (SSSR count). The number of aromatic nitrogens is 2. The number of hydrogen-bond donors (Lipinski definition) is 3. The summed E-state index contributed by atoms with van der Waals surface area (Å²) in [5.74, 6) is 0. The highest BCUT2D eigenvalue weighted by Gasteiger charge is 2.43. The Labute approximate surface area is 103 Å². The molecule has 3 N–H and O–H groups in total. The van der Waals surface area contributed by atoms with Crippen LogP contribution < -0.4 is 0 Å². The number of imidazole rings is 1. The average molecular weight is 250 g/mol. The summed E-state index contributed by atoms with van der Waals surface area (Å²) in [6.45, 7) is -0.332. The van der Waals surface area contributed by atoms with Gasteiger partial charge in [-0.2, -0.15) is 0 Å². The van der Waals surface area contributed by atoms with Crippen molar-refractivity contribution in [1.82, 2.24) is 9.55 Å². The van der Waals surface area contributed by atoms with Crippen molar-refractivity contribution < 1.29 is 20.1 Å². The van der Waals surface area contributed by atoms with Crippen LogP contribution >= 0.6 is 0 Å². The molecule has 1 aromatic heterocycles. The second-order valence-corrected chi connectivity index (χ2v) is 4.37. The van der Waals surface area contributed by atoms with Gasteiger partial charge in [-0.25, -0.2) is 4.98 Å². The maximum atomic E-state index is 9.96. The Hall–Kier alpha value is -1.47. The molecule has 1 aromatic carbocycles. The van der Waals surface area contributed by atoms with Crippen LogP contribution in [0.25, 0.3) is 11.0 Å². The van der Waals surface area contributed by atoms with Crippen LogP contribution in [0.15, 0.2) is 30.6 Å². The minimum absolute atomic E-state index is 0.332. The number of benzene rings is 1. The standard InChI is InChI=1S/C12H14N2O4/c15-5-9-10(16)11(17)12(18-9)14-6-13-7-3-1-2-4-8(7)14/h1-4,6,9-12,15-17H,5H2/t9-,10-,11+,12-/m0/s1. The number of aliphatic hydroxyl groups is 3. The van der Waals surface area contributed by atoms with Crippen LogP contribution in [-0.4, -0.2) is 49.8 Å². The van der Waals surface area contributed by atoms with Crippen molar-refractivity contribution in [2.24, 2.45) is 0 Å². The molecule has 1 aliphatic rings. The molecule has 1 fully saturated rings. The number of ether oxygens (including phenoxy) is 1. The average Bonchev–Trinajstić information content (AvgIpc) is 2.93. The van der Waals surface area contributed by atoms with E-state index in [0.29, 0.717) is 0 Å². The van der Waals surface area contributed by atoms with Crippen LogP contribution in [0.4, 0.5) is 0 Å². The highest BCUT2D eigenvalue weighted by Crippen LogP contribution is 2.31. The van der Waals surface area contributed by atoms with Gasteiger partial charge in [-0.1, -0.05) is 12.1 Å². The molecule has 18 heavy (non-hydrogen) atoms. The SMILES string of the molecule is OC[C@@H]1O[C@H](n2cnc3ccccc32)[C@H](O)[C@H]1O. The lowest BCUT2D eigenvalue weighted by molar-refractivity contribution is -0.0508. The Morgan fingerprint density at radius 1 is 1.22 bits per heavy atom. The van der Waals surface area contributed by atoms with Crippen molar-refractivity contribution >= 4 is 11.0 Å². The van der Waals surface area contributed by atoms with Crippen molar-refractivity contribution in [2.75, 3.05) is 6.61 Å². The molecule has 4 atom stereocenters. The van der Waals surface area contributed by atoms with Crippen LogP contribution in [-0.2, 0) is 4.74 Å². The molecule has 96 valence electrons. The molecule has 0 spiro atoms. The number of para-hydroxylation sites is 2. The second-order valence-electron chi connectivity index (χ2n) is 4.37. The fraction of sp³-hybridized carbons (Fsp3) is 0.417. The Morgan fingerprint density at radius 3 is 2.72 bits per heavy atom. The van der Waals surface area contributed by atoms with Crippen molar-refractivity contribution in [1.29, 1.82) is 0 Å². The molecule has 0 amide bonds. The van der Waals surface area contributed by atoms with Crippen LogP contribution in [0.5, 0.6) is 0 Å². The summed E-state index contributed by atoms with van der Waals surface area (Å²) in [6, 6.07) is 7.45. The summed E-state index contributed by atoms with van der Waals surface area (Å²) in [5, 5.41) is 28.7. The zero-order valence-electron chi connectivity index (χ0n) is 9.55. The van der Waals surface area contributed by atoms with Crippen LogP contribution in [0.3, 0.4) is 0 Å². The topological polar surface area (TPSA) is 87.7 Å². The van der Waals surface area contributed by atoms with Crippen LogP contribution in [0, 0.1) is 0 Å². The van der Waals surface area contributed by atoms with Crippen molar-refractivity contribution in [3.05, 3.63) is 30.6 Å². The molecule has 6 heteroatoms. The fourth-order valence-electron chi connectivity index (χ4n) is 2.29. The van der Waals surface area contributed by atoms with E-state index in [-0.39, 0.29) is 6.61 Å². The van der Waals surface area contributed by atoms with Gasteiger partial charge < -0.3 is 24.6 Å². The Bertz CT molecular complexity index is 556. The van der Waals surface area contributed by atoms with Crippen LogP contribution in [0.1, 0.15) is 6.23 Å². The van der Waals surface area contributed by atoms with Gasteiger partial charge >= 0.3 is 0 Å². The Balaban J connectivity index is 2.00. The maximum absolute atomic E-state index is 9.96. The molecular formula is C12H14N2O4. The van der Waals surface area contributed by atoms with Gasteiger partial charge in [-0.15, -0.1) is 0 Å². The predicted molar refractivity (Wildman–Crippen MR) is 62.7 cm³/mol. The second kappa shape index (κ2) is 4.33. The smallest absolute Gasteiger partial charge is 0.164 e. The van der Waals surface area contributed by atoms with Crippen molar-refractivity contribution in [3.63, 3.8) is 0 Å². The molecule has 0 unspecified atom stereocenters. The first-order chi connectivity index (χ1) is 8.72. The van der Waals surface area contributed by atoms with Gasteiger partial charge in [0.1, 0.15) is 18.3 Å². The van der Waals surface area contributed by atoms with Crippen molar-refractivity contribution in [2.45, 2.75) is 24.5 Å². The first kappa shape index (κ1) is 11.6. The van der Waals surface area contributed by atoms with E-state index in [1.165, 1.54) is 0 Å². The largest absolute Gasteiger partial charge is 0.394 e. The van der Waals surface area contributed by atoms with Gasteiger partial charge in [0.2, 0.25) is 0 Å². The quantitative estimate of drug-likeness (QED) is 0.678. The molecule has 0 radical (unpaired) electrons. The van der Waals surface area contributed by atoms with E-state index in [4.69, 9.17) is 9.84 Å². The molecule has 2 heterocycles. The summed E-state index contributed by atoms with van der Waals surface area (Å²) in [4.78, 5) is 4.20. The lowest BCUT2D eigenvalue weighted by Crippen LogP contribution is -2.33. The molecule has 0 aliphatic carbocycles. The van der Waals surface area contributed by atoms with E-state index in [1.807, 2.05) is 24.3 Å². The number of nitrogens with zero attached hydrogens (tertiary/aromatic N) is 2. The van der Waals surface area contributed by atoms with Gasteiger partial charge in [-0.3, -0.25) is 0 Å². The molecule has 0 bridgehead atoms. The zero-order valence-corrected chi connectivity index (χ0v) is 9.55. The zero-order chi connectivity index (χ0) is 12.7. The summed E-state index contributed by atoms with van der Waals surface area (Å²) < 4.78 is 7.13. The normalized spacial score (nSPS) is 32.2. The predicted octanol–water partition coefficient (Wildman–Crippen LogP) is -0.352. The summed E-state index contributed by atoms with van der Waals surface area (Å²) >= 11 is 0. The Kier molecular flexibility index (Phi) is 2.79. The summed E-state index contributed by atoms with van der Waals surface area (Å²) in [7, 11) is 0. The summed E-state index contributed by atoms with van der Waals surface area (Å²) in [6.07, 6.45) is -2.12. The number of rotatable bonds is 2. The van der Waals surface area contributed by atoms with Gasteiger partial charge in [0, 0.05) is 0 Å². The van der Waals surface area contributed by atoms with Gasteiger partial charge in [0.15, 0.2) is 6.23 Å². The molecule has 1 aliphatic heterocycles. The van der Waals surface area contributed by atoms with E-state index in [1.54, 1.807) is 10.9 Å². The molecule has 0 saturated carbocycles. The maximum Gasteiger partial charge on any atom is 0.164 e. The van der Waals surface area contributed by atoms with E-state index in [9.17, 15) is 10.2 Å². The number of aliphatic hydroxyl groups excluding tert-OH is 3. The highest BCUT2D eigenvalue weighted by molar-refractivity contribution is 5.75. The van der Waals surface area contributed by atoms with Gasteiger partial charge in [0.05, 0.1) is 24.0 Å². The van der Waals surface area contributed by atoms with Crippen molar-refractivity contribution in [3.8, 4) is 0 Å². The third-order valence-corrected chi connectivity index (χ3v) is 3.27. The third-order valence-electron chi connectivity index (χ3n) is 3.27. The molecular weight excluding hydrogens is 236 g/mol. The van der Waals surface area contributed by atoms with E-state index in [0.717, 1.165) is 11.0 Å². The third kappa shape index (κ3) is 1.62. The van der Waals surface area contributed by atoms with E-state index in [2.05, 4.69) is 4.98 Å². The fourth-order valence-corrected chi connectivity index (χ4v) is 2.29. The minimum atomic E-state index is -1.10. The highest BCUT2D eigenvalue weighted by atomic mass is 16.6. The molecule has 6 nitrogen and oxygen atoms in total. The lowest BCUT2D eigenvalue weighted by Gasteiger charge is -2.16. The van der Waals surface area contributed by atoms with Gasteiger partial charge in [0.25, 0.3) is 0 Å². The molecule has 1 saturated heterocycles. The van der Waals surface area contributed by atoms with Gasteiger partial charge in [-0.05, 0) is 12.1 Å². The van der Waals surface area contributed by atoms with E-state index < -0.39 is 24.5 Å². The summed E-state index contributed by atoms with van der Waals surface area (Å²) in [5.41, 5.74) is 1.60. The molecule has 2 aromatic rings. The minimum Gasteiger partial charge on any atom is -0.394 e. The van der Waals surface area contributed by atoms with E-state index >= 15 is 0 Å². The Morgan fingerprint density at radius 2 is 2.00 bits per heavy atom. The number of fused-ring (bicyclic) bond motifs is 1. The first-order valence-electron chi connectivity index (χ1n) is 5.76. The number of hydrogen-bond acceptors (Lipinski definition) is 5.